The van der Waals surface area contributed by atoms with Crippen molar-refractivity contribution in [1.29, 1.82) is 0 Å². The summed E-state index contributed by atoms with van der Waals surface area (Å²) in [6.45, 7) is 0. The Bertz CT molecular complexity index is 33.8. The van der Waals surface area contributed by atoms with Crippen LogP contribution in [0.25, 0.3) is 0 Å². The minimum atomic E-state index is -3.13. The predicted octanol–water partition coefficient (Wildman–Crippen LogP) is -2.26. The second-order valence-electron chi connectivity index (χ2n) is 0.283. The molecule has 0 unspecified atom stereocenters. The van der Waals surface area contributed by atoms with Gasteiger partial charge >= 0.3 is 28.0 Å². The van der Waals surface area contributed by atoms with Crippen LogP contribution in [-0.2, 0) is 23.9 Å². The molecule has 0 saturated heterocycles. The molecule has 0 aromatic heterocycles. The molecule has 0 aliphatic carbocycles. The Morgan fingerprint density at radius 2 is 1.33 bits per heavy atom. The van der Waals surface area contributed by atoms with Crippen molar-refractivity contribution in [3.8, 4) is 0 Å². The number of rotatable bonds is 0. The maximum atomic E-state index is 8.74. The Morgan fingerprint density at radius 3 is 1.33 bits per heavy atom. The van der Waals surface area contributed by atoms with Crippen molar-refractivity contribution < 1.29 is 33.5 Å². The van der Waals surface area contributed by atoms with Crippen molar-refractivity contribution in [2.75, 3.05) is 0 Å². The molecule has 6 heavy (non-hydrogen) atoms. The van der Waals surface area contributed by atoms with Crippen molar-refractivity contribution in [2.45, 2.75) is 0 Å². The zero-order valence-electron chi connectivity index (χ0n) is 2.51. The topological polar surface area (TPSA) is 57.5 Å². The van der Waals surface area contributed by atoms with E-state index in [1.807, 2.05) is 0 Å². The maximum absolute atomic E-state index is 8.74. The van der Waals surface area contributed by atoms with Crippen LogP contribution in [0.2, 0.25) is 0 Å². The van der Waals surface area contributed by atoms with Gasteiger partial charge in [-0.3, -0.25) is 4.46 Å². The van der Waals surface area contributed by atoms with E-state index in [4.69, 9.17) is 14.1 Å². The Hall–Kier alpha value is 0.838. The molecule has 0 heterocycles. The Labute approximate surface area is 61.6 Å². The first-order valence-electron chi connectivity index (χ1n) is 0.651. The molecule has 0 aromatic carbocycles. The van der Waals surface area contributed by atoms with E-state index < -0.39 is 9.17 Å². The fourth-order valence-electron chi connectivity index (χ4n) is 0. The summed E-state index contributed by atoms with van der Waals surface area (Å²) in [5.74, 6) is 0. The van der Waals surface area contributed by atoms with E-state index in [0.29, 0.717) is 0 Å². The van der Waals surface area contributed by atoms with Crippen LogP contribution in [0.15, 0.2) is 0 Å². The van der Waals surface area contributed by atoms with Crippen LogP contribution in [-0.4, -0.2) is 37.6 Å². The fourth-order valence-corrected chi connectivity index (χ4v) is 0. The summed E-state index contributed by atoms with van der Waals surface area (Å²) >= 11 is 0. The van der Waals surface area contributed by atoms with Crippen LogP contribution in [0.3, 0.4) is 0 Å². The van der Waals surface area contributed by atoms with E-state index in [1.54, 1.807) is 0 Å². The van der Waals surface area contributed by atoms with Gasteiger partial charge in [-0.2, -0.15) is 0 Å². The van der Waals surface area contributed by atoms with E-state index in [1.165, 1.54) is 0 Å². The molecular formula is H3LiO3SiZn. The quantitative estimate of drug-likeness (QED) is 0.384. The monoisotopic (exact) mass is 150 g/mol. The van der Waals surface area contributed by atoms with Crippen LogP contribution in [0, 0.1) is 0 Å². The summed E-state index contributed by atoms with van der Waals surface area (Å²) in [5.41, 5.74) is 0. The van der Waals surface area contributed by atoms with Crippen molar-refractivity contribution in [1.82, 2.24) is 0 Å². The summed E-state index contributed by atoms with van der Waals surface area (Å²) < 4.78 is 8.74. The summed E-state index contributed by atoms with van der Waals surface area (Å²) in [6, 6.07) is 0. The Kier molecular flexibility index (Phi) is 24.5. The summed E-state index contributed by atoms with van der Waals surface area (Å²) in [7, 11) is -3.13. The van der Waals surface area contributed by atoms with Gasteiger partial charge in [-0.25, -0.2) is 0 Å². The second-order valence-corrected chi connectivity index (χ2v) is 0.848. The molecule has 0 aliphatic rings. The molecule has 0 radical (unpaired) electrons. The minimum Gasteiger partial charge on any atom is 0 e. The van der Waals surface area contributed by atoms with Gasteiger partial charge in [0.15, 0.2) is 0 Å². The Balaban J connectivity index is -0.0000000450. The molecule has 0 rings (SSSR count). The van der Waals surface area contributed by atoms with Crippen LogP contribution >= 0.6 is 0 Å². The zero-order chi connectivity index (χ0) is 3.58. The van der Waals surface area contributed by atoms with Gasteiger partial charge in [0.1, 0.15) is 0 Å². The molecule has 0 aliphatic heterocycles. The van der Waals surface area contributed by atoms with E-state index in [9.17, 15) is 0 Å². The molecule has 0 spiro atoms. The van der Waals surface area contributed by atoms with Crippen molar-refractivity contribution >= 4 is 28.0 Å². The smallest absolute Gasteiger partial charge is 0 e. The maximum Gasteiger partial charge on any atom is 0 e. The molecular weight excluding hydrogens is 148 g/mol. The average molecular weight is 151 g/mol. The first-order valence-corrected chi connectivity index (χ1v) is 1.95. The predicted molar refractivity (Wildman–Crippen MR) is 18.0 cm³/mol. The van der Waals surface area contributed by atoms with E-state index >= 15 is 0 Å². The van der Waals surface area contributed by atoms with Gasteiger partial charge < -0.3 is 9.59 Å². The minimum absolute atomic E-state index is 0. The second kappa shape index (κ2) is 9.28. The van der Waals surface area contributed by atoms with Gasteiger partial charge in [0, 0.05) is 19.5 Å². The number of hydrogen-bond donors (Lipinski definition) is 2. The normalized spacial score (nSPS) is 4.00. The third-order valence-corrected chi connectivity index (χ3v) is 0. The van der Waals surface area contributed by atoms with Crippen molar-refractivity contribution in [2.24, 2.45) is 0 Å². The van der Waals surface area contributed by atoms with Crippen LogP contribution in [0.4, 0.5) is 0 Å². The van der Waals surface area contributed by atoms with Crippen molar-refractivity contribution in [3.63, 3.8) is 0 Å². The third-order valence-electron chi connectivity index (χ3n) is 0. The SMILES string of the molecule is O=[Si](O)O.[LiH].[Zn]. The number of hydrogen-bond acceptors (Lipinski definition) is 1. The summed E-state index contributed by atoms with van der Waals surface area (Å²) in [4.78, 5) is 14.3. The van der Waals surface area contributed by atoms with Gasteiger partial charge in [-0.1, -0.05) is 0 Å². The van der Waals surface area contributed by atoms with Crippen LogP contribution in [0.1, 0.15) is 0 Å². The fraction of sp³-hybridized carbons (Fsp3) is 0. The van der Waals surface area contributed by atoms with Gasteiger partial charge in [-0.05, 0) is 0 Å². The molecule has 0 atom stereocenters. The van der Waals surface area contributed by atoms with Crippen LogP contribution < -0.4 is 0 Å². The molecule has 0 saturated carbocycles. The molecule has 6 heteroatoms. The molecule has 28 valence electrons. The molecule has 0 bridgehead atoms. The van der Waals surface area contributed by atoms with Gasteiger partial charge in [0.25, 0.3) is 0 Å². The zero-order valence-corrected chi connectivity index (χ0v) is 6.48. The summed E-state index contributed by atoms with van der Waals surface area (Å²) in [6.07, 6.45) is 0. The first-order chi connectivity index (χ1) is 1.73. The van der Waals surface area contributed by atoms with Gasteiger partial charge in [0.05, 0.1) is 0 Å². The first kappa shape index (κ1) is 15.8. The molecule has 0 fully saturated rings. The van der Waals surface area contributed by atoms with Gasteiger partial charge in [-0.15, -0.1) is 0 Å². The van der Waals surface area contributed by atoms with E-state index in [2.05, 4.69) is 0 Å². The average Bonchev–Trinajstić information content (AvgIpc) is 0.811. The molecule has 2 N–H and O–H groups in total. The van der Waals surface area contributed by atoms with Gasteiger partial charge in [0.2, 0.25) is 0 Å². The van der Waals surface area contributed by atoms with Crippen molar-refractivity contribution in [3.05, 3.63) is 0 Å². The molecule has 0 amide bonds. The van der Waals surface area contributed by atoms with E-state index in [0.717, 1.165) is 0 Å². The summed E-state index contributed by atoms with van der Waals surface area (Å²) in [5, 5.41) is 0. The molecule has 0 aromatic rings. The van der Waals surface area contributed by atoms with E-state index in [-0.39, 0.29) is 38.3 Å². The largest absolute Gasteiger partial charge is 0 e. The third kappa shape index (κ3) is 102. The molecule has 3 nitrogen and oxygen atoms in total. The standard InChI is InChI=1S/Li.H2O3Si.Zn.H/c;1-4(2)3;;/h;1-2H;;. The van der Waals surface area contributed by atoms with Crippen LogP contribution in [0.5, 0.6) is 0 Å². The Morgan fingerprint density at radius 1 is 1.33 bits per heavy atom.